The Kier molecular flexibility index (Phi) is 3.09. The minimum Gasteiger partial charge on any atom is -0.299 e. The Morgan fingerprint density at radius 2 is 2.07 bits per heavy atom. The van der Waals surface area contributed by atoms with Crippen molar-refractivity contribution in [3.05, 3.63) is 34.9 Å². The Morgan fingerprint density at radius 3 is 2.64 bits per heavy atom. The van der Waals surface area contributed by atoms with Gasteiger partial charge in [-0.2, -0.15) is 0 Å². The molecule has 0 aromatic heterocycles. The van der Waals surface area contributed by atoms with E-state index in [1.54, 1.807) is 0 Å². The van der Waals surface area contributed by atoms with Crippen LogP contribution in [0.5, 0.6) is 0 Å². The molecule has 1 fully saturated rings. The molecule has 1 saturated heterocycles. The highest BCUT2D eigenvalue weighted by molar-refractivity contribution is 6.30. The smallest absolute Gasteiger partial charge is 0.0406 e. The fourth-order valence-corrected chi connectivity index (χ4v) is 2.14. The lowest BCUT2D eigenvalue weighted by Crippen LogP contribution is -2.19. The van der Waals surface area contributed by atoms with Crippen LogP contribution in [0.15, 0.2) is 24.3 Å². The first-order valence-corrected chi connectivity index (χ1v) is 5.58. The summed E-state index contributed by atoms with van der Waals surface area (Å²) in [6.45, 7) is 5.87. The van der Waals surface area contributed by atoms with E-state index in [-0.39, 0.29) is 0 Å². The van der Waals surface area contributed by atoms with E-state index in [9.17, 15) is 0 Å². The van der Waals surface area contributed by atoms with Crippen LogP contribution in [0, 0.1) is 5.92 Å². The van der Waals surface area contributed by atoms with Gasteiger partial charge >= 0.3 is 0 Å². The third-order valence-corrected chi connectivity index (χ3v) is 3.08. The Hall–Kier alpha value is -0.530. The van der Waals surface area contributed by atoms with E-state index in [0.717, 1.165) is 17.5 Å². The molecular formula is C12H16ClN. The number of likely N-dealkylation sites (tertiary alicyclic amines) is 1. The lowest BCUT2D eigenvalue weighted by atomic mass is 10.2. The van der Waals surface area contributed by atoms with Crippen LogP contribution in [-0.2, 0) is 6.54 Å². The van der Waals surface area contributed by atoms with Crippen LogP contribution in [-0.4, -0.2) is 18.0 Å². The molecule has 0 bridgehead atoms. The molecule has 14 heavy (non-hydrogen) atoms. The topological polar surface area (TPSA) is 3.24 Å². The molecule has 2 heteroatoms. The highest BCUT2D eigenvalue weighted by atomic mass is 35.5. The first-order valence-electron chi connectivity index (χ1n) is 5.21. The van der Waals surface area contributed by atoms with Crippen molar-refractivity contribution < 1.29 is 0 Å². The van der Waals surface area contributed by atoms with Gasteiger partial charge in [-0.25, -0.2) is 0 Å². The average Bonchev–Trinajstić information content (AvgIpc) is 2.56. The summed E-state index contributed by atoms with van der Waals surface area (Å²) in [4.78, 5) is 2.51. The summed E-state index contributed by atoms with van der Waals surface area (Å²) in [6, 6.07) is 8.17. The number of benzene rings is 1. The van der Waals surface area contributed by atoms with Gasteiger partial charge in [0.2, 0.25) is 0 Å². The highest BCUT2D eigenvalue weighted by Gasteiger charge is 2.18. The molecule has 1 aromatic carbocycles. The molecule has 1 nitrogen and oxygen atoms in total. The monoisotopic (exact) mass is 209 g/mol. The average molecular weight is 210 g/mol. The van der Waals surface area contributed by atoms with Gasteiger partial charge in [-0.15, -0.1) is 0 Å². The summed E-state index contributed by atoms with van der Waals surface area (Å²) >= 11 is 5.84. The second kappa shape index (κ2) is 4.33. The minimum absolute atomic E-state index is 0.823. The molecule has 1 aliphatic heterocycles. The molecule has 0 saturated carbocycles. The molecule has 2 rings (SSSR count). The van der Waals surface area contributed by atoms with Gasteiger partial charge in [0.25, 0.3) is 0 Å². The van der Waals surface area contributed by atoms with Crippen molar-refractivity contribution in [2.75, 3.05) is 13.1 Å². The molecule has 1 aromatic rings. The maximum absolute atomic E-state index is 5.84. The van der Waals surface area contributed by atoms with E-state index in [4.69, 9.17) is 11.6 Å². The van der Waals surface area contributed by atoms with Gasteiger partial charge in [-0.1, -0.05) is 30.7 Å². The van der Waals surface area contributed by atoms with E-state index in [0.29, 0.717) is 0 Å². The third kappa shape index (κ3) is 2.49. The van der Waals surface area contributed by atoms with Crippen molar-refractivity contribution >= 4 is 11.6 Å². The van der Waals surface area contributed by atoms with Gasteiger partial charge in [0.15, 0.2) is 0 Å². The van der Waals surface area contributed by atoms with Gasteiger partial charge in [0.1, 0.15) is 0 Å². The molecule has 76 valence electrons. The maximum Gasteiger partial charge on any atom is 0.0406 e. The van der Waals surface area contributed by atoms with Crippen LogP contribution in [0.3, 0.4) is 0 Å². The predicted molar refractivity (Wildman–Crippen MR) is 60.5 cm³/mol. The van der Waals surface area contributed by atoms with Crippen LogP contribution >= 0.6 is 11.6 Å². The molecule has 0 aliphatic carbocycles. The summed E-state index contributed by atoms with van der Waals surface area (Å²) in [5.41, 5.74) is 1.36. The summed E-state index contributed by atoms with van der Waals surface area (Å²) in [5.74, 6) is 0.863. The zero-order valence-corrected chi connectivity index (χ0v) is 9.30. The Balaban J connectivity index is 1.94. The minimum atomic E-state index is 0.823. The number of halogens is 1. The SMILES string of the molecule is CC1CCN(Cc2ccc(Cl)cc2)C1. The third-order valence-electron chi connectivity index (χ3n) is 2.83. The summed E-state index contributed by atoms with van der Waals surface area (Å²) in [6.07, 6.45) is 1.34. The summed E-state index contributed by atoms with van der Waals surface area (Å²) in [7, 11) is 0. The Morgan fingerprint density at radius 1 is 1.36 bits per heavy atom. The Bertz CT molecular complexity index is 294. The first kappa shape index (κ1) is 10.0. The molecular weight excluding hydrogens is 194 g/mol. The lowest BCUT2D eigenvalue weighted by molar-refractivity contribution is 0.320. The molecule has 0 amide bonds. The van der Waals surface area contributed by atoms with Crippen molar-refractivity contribution in [2.24, 2.45) is 5.92 Å². The van der Waals surface area contributed by atoms with Gasteiger partial charge in [0, 0.05) is 18.1 Å². The van der Waals surface area contributed by atoms with Crippen molar-refractivity contribution in [1.29, 1.82) is 0 Å². The van der Waals surface area contributed by atoms with Crippen molar-refractivity contribution in [2.45, 2.75) is 19.9 Å². The van der Waals surface area contributed by atoms with E-state index in [2.05, 4.69) is 24.0 Å². The van der Waals surface area contributed by atoms with E-state index in [1.165, 1.54) is 25.1 Å². The predicted octanol–water partition coefficient (Wildman–Crippen LogP) is 3.18. The van der Waals surface area contributed by atoms with Crippen molar-refractivity contribution in [3.8, 4) is 0 Å². The van der Waals surface area contributed by atoms with Crippen LogP contribution in [0.25, 0.3) is 0 Å². The quantitative estimate of drug-likeness (QED) is 0.723. The zero-order chi connectivity index (χ0) is 9.97. The summed E-state index contributed by atoms with van der Waals surface area (Å²) in [5, 5.41) is 0.823. The molecule has 1 heterocycles. The maximum atomic E-state index is 5.84. The largest absolute Gasteiger partial charge is 0.299 e. The van der Waals surface area contributed by atoms with Gasteiger partial charge in [-0.3, -0.25) is 4.90 Å². The van der Waals surface area contributed by atoms with Gasteiger partial charge in [0.05, 0.1) is 0 Å². The normalized spacial score (nSPS) is 22.9. The van der Waals surface area contributed by atoms with Gasteiger partial charge in [-0.05, 0) is 36.6 Å². The van der Waals surface area contributed by atoms with Crippen molar-refractivity contribution in [3.63, 3.8) is 0 Å². The molecule has 0 spiro atoms. The number of hydrogen-bond donors (Lipinski definition) is 0. The fraction of sp³-hybridized carbons (Fsp3) is 0.500. The molecule has 1 unspecified atom stereocenters. The zero-order valence-electron chi connectivity index (χ0n) is 8.54. The van der Waals surface area contributed by atoms with E-state index >= 15 is 0 Å². The molecule has 0 radical (unpaired) electrons. The van der Waals surface area contributed by atoms with Crippen molar-refractivity contribution in [1.82, 2.24) is 4.90 Å². The Labute approximate surface area is 90.7 Å². The van der Waals surface area contributed by atoms with Gasteiger partial charge < -0.3 is 0 Å². The summed E-state index contributed by atoms with van der Waals surface area (Å²) < 4.78 is 0. The van der Waals surface area contributed by atoms with Crippen LogP contribution in [0.2, 0.25) is 5.02 Å². The highest BCUT2D eigenvalue weighted by Crippen LogP contribution is 2.18. The first-order chi connectivity index (χ1) is 6.74. The van der Waals surface area contributed by atoms with E-state index in [1.807, 2.05) is 12.1 Å². The molecule has 0 N–H and O–H groups in total. The lowest BCUT2D eigenvalue weighted by Gasteiger charge is -2.14. The van der Waals surface area contributed by atoms with Crippen LogP contribution in [0.4, 0.5) is 0 Å². The standard InChI is InChI=1S/C12H16ClN/c1-10-6-7-14(8-10)9-11-2-4-12(13)5-3-11/h2-5,10H,6-9H2,1H3. The number of nitrogens with zero attached hydrogens (tertiary/aromatic N) is 1. The number of hydrogen-bond acceptors (Lipinski definition) is 1. The fourth-order valence-electron chi connectivity index (χ4n) is 2.02. The second-order valence-electron chi connectivity index (χ2n) is 4.26. The van der Waals surface area contributed by atoms with Crippen LogP contribution < -0.4 is 0 Å². The number of rotatable bonds is 2. The van der Waals surface area contributed by atoms with E-state index < -0.39 is 0 Å². The molecule has 1 aliphatic rings. The molecule has 1 atom stereocenters. The van der Waals surface area contributed by atoms with Crippen LogP contribution in [0.1, 0.15) is 18.9 Å². The second-order valence-corrected chi connectivity index (χ2v) is 4.69.